The van der Waals surface area contributed by atoms with E-state index in [0.29, 0.717) is 12.0 Å². The predicted octanol–water partition coefficient (Wildman–Crippen LogP) is 1.49. The molecule has 3 nitrogen and oxygen atoms in total. The van der Waals surface area contributed by atoms with Crippen molar-refractivity contribution in [1.29, 1.82) is 0 Å². The molecule has 3 heteroatoms. The first-order valence-electron chi connectivity index (χ1n) is 3.53. The lowest BCUT2D eigenvalue weighted by molar-refractivity contribution is -0.165. The van der Waals surface area contributed by atoms with Gasteiger partial charge in [0.1, 0.15) is 0 Å². The zero-order chi connectivity index (χ0) is 8.85. The fourth-order valence-electron chi connectivity index (χ4n) is 0.427. The Morgan fingerprint density at radius 3 is 2.55 bits per heavy atom. The molecule has 0 aliphatic rings. The summed E-state index contributed by atoms with van der Waals surface area (Å²) in [7, 11) is 1.48. The molecule has 11 heavy (non-hydrogen) atoms. The van der Waals surface area contributed by atoms with Crippen LogP contribution in [0.2, 0.25) is 0 Å². The number of methoxy groups -OCH3 is 1. The van der Waals surface area contributed by atoms with Gasteiger partial charge >= 0.3 is 5.97 Å². The first-order valence-corrected chi connectivity index (χ1v) is 3.53. The van der Waals surface area contributed by atoms with Crippen LogP contribution in [0.4, 0.5) is 0 Å². The minimum absolute atomic E-state index is 0.387. The van der Waals surface area contributed by atoms with Crippen molar-refractivity contribution in [3.8, 4) is 0 Å². The van der Waals surface area contributed by atoms with Crippen molar-refractivity contribution in [2.75, 3.05) is 7.11 Å². The van der Waals surface area contributed by atoms with Crippen molar-refractivity contribution in [2.45, 2.75) is 26.6 Å². The van der Waals surface area contributed by atoms with E-state index in [9.17, 15) is 4.79 Å². The zero-order valence-corrected chi connectivity index (χ0v) is 7.22. The largest absolute Gasteiger partial charge is 0.433 e. The maximum atomic E-state index is 10.9. The Hall–Kier alpha value is -0.830. The van der Waals surface area contributed by atoms with E-state index in [1.54, 1.807) is 6.92 Å². The van der Waals surface area contributed by atoms with E-state index < -0.39 is 6.29 Å². The van der Waals surface area contributed by atoms with Gasteiger partial charge in [-0.05, 0) is 13.3 Å². The fourth-order valence-corrected chi connectivity index (χ4v) is 0.427. The molecule has 1 unspecified atom stereocenters. The maximum absolute atomic E-state index is 10.9. The van der Waals surface area contributed by atoms with Crippen molar-refractivity contribution in [2.24, 2.45) is 0 Å². The molecular formula is C8H14O3. The normalized spacial score (nSPS) is 12.3. The lowest BCUT2D eigenvalue weighted by Crippen LogP contribution is -2.17. The minimum atomic E-state index is -0.495. The number of esters is 1. The Morgan fingerprint density at radius 1 is 1.64 bits per heavy atom. The Morgan fingerprint density at radius 2 is 2.18 bits per heavy atom. The van der Waals surface area contributed by atoms with Gasteiger partial charge < -0.3 is 9.47 Å². The van der Waals surface area contributed by atoms with Gasteiger partial charge in [-0.3, -0.25) is 0 Å². The van der Waals surface area contributed by atoms with Gasteiger partial charge in [0.05, 0.1) is 0 Å². The number of hydrogen-bond acceptors (Lipinski definition) is 3. The van der Waals surface area contributed by atoms with Crippen LogP contribution >= 0.6 is 0 Å². The van der Waals surface area contributed by atoms with Crippen LogP contribution in [0.5, 0.6) is 0 Å². The molecule has 0 spiro atoms. The highest BCUT2D eigenvalue weighted by molar-refractivity contribution is 5.87. The van der Waals surface area contributed by atoms with E-state index in [-0.39, 0.29) is 5.97 Å². The second kappa shape index (κ2) is 4.91. The smallest absolute Gasteiger partial charge is 0.335 e. The third kappa shape index (κ3) is 3.78. The second-order valence-corrected chi connectivity index (χ2v) is 2.17. The average Bonchev–Trinajstić information content (AvgIpc) is 2.02. The molecule has 64 valence electrons. The van der Waals surface area contributed by atoms with Gasteiger partial charge in [0.2, 0.25) is 0 Å². The van der Waals surface area contributed by atoms with Crippen molar-refractivity contribution in [3.05, 3.63) is 12.2 Å². The maximum Gasteiger partial charge on any atom is 0.335 e. The van der Waals surface area contributed by atoms with Gasteiger partial charge in [0.15, 0.2) is 6.29 Å². The topological polar surface area (TPSA) is 35.5 Å². The number of carbonyl (C=O) groups is 1. The summed E-state index contributed by atoms with van der Waals surface area (Å²) in [4.78, 5) is 10.9. The summed E-state index contributed by atoms with van der Waals surface area (Å²) in [5.74, 6) is -0.387. The third-order valence-corrected chi connectivity index (χ3v) is 1.32. The van der Waals surface area contributed by atoms with Gasteiger partial charge in [-0.25, -0.2) is 4.79 Å². The summed E-state index contributed by atoms with van der Waals surface area (Å²) in [6.45, 7) is 7.03. The van der Waals surface area contributed by atoms with Crippen LogP contribution in [-0.2, 0) is 14.3 Å². The van der Waals surface area contributed by atoms with Crippen LogP contribution in [0, 0.1) is 0 Å². The molecular weight excluding hydrogens is 144 g/mol. The molecule has 0 radical (unpaired) electrons. The van der Waals surface area contributed by atoms with Crippen LogP contribution in [0.15, 0.2) is 12.2 Å². The second-order valence-electron chi connectivity index (χ2n) is 2.17. The molecule has 0 aromatic rings. The summed E-state index contributed by atoms with van der Waals surface area (Å²) in [6.07, 6.45) is 0.112. The van der Waals surface area contributed by atoms with Gasteiger partial charge in [-0.2, -0.15) is 0 Å². The molecule has 0 saturated heterocycles. The van der Waals surface area contributed by atoms with Crippen molar-refractivity contribution in [1.82, 2.24) is 0 Å². The highest BCUT2D eigenvalue weighted by atomic mass is 16.7. The lowest BCUT2D eigenvalue weighted by Gasteiger charge is -2.10. The molecule has 0 aromatic heterocycles. The Labute approximate surface area is 67.0 Å². The molecule has 0 rings (SSSR count). The van der Waals surface area contributed by atoms with E-state index in [1.165, 1.54) is 7.11 Å². The molecule has 0 saturated carbocycles. The van der Waals surface area contributed by atoms with Crippen molar-refractivity contribution >= 4 is 5.97 Å². The molecule has 0 heterocycles. The summed E-state index contributed by atoms with van der Waals surface area (Å²) in [5.41, 5.74) is 0.467. The summed E-state index contributed by atoms with van der Waals surface area (Å²) < 4.78 is 9.52. The highest BCUT2D eigenvalue weighted by Gasteiger charge is 2.09. The van der Waals surface area contributed by atoms with Crippen LogP contribution < -0.4 is 0 Å². The van der Waals surface area contributed by atoms with Crippen molar-refractivity contribution in [3.63, 3.8) is 0 Å². The monoisotopic (exact) mass is 158 g/mol. The van der Waals surface area contributed by atoms with Gasteiger partial charge in [-0.1, -0.05) is 13.5 Å². The number of hydrogen-bond donors (Lipinski definition) is 0. The SMILES string of the molecule is C=C(CC)C(=O)OC(C)OC. The molecule has 0 amide bonds. The zero-order valence-electron chi connectivity index (χ0n) is 7.22. The lowest BCUT2D eigenvalue weighted by atomic mass is 10.2. The molecule has 1 atom stereocenters. The van der Waals surface area contributed by atoms with E-state index in [1.807, 2.05) is 6.92 Å². The Balaban J connectivity index is 3.77. The van der Waals surface area contributed by atoms with Crippen LogP contribution in [0.1, 0.15) is 20.3 Å². The Kier molecular flexibility index (Phi) is 4.54. The molecule has 0 aliphatic heterocycles. The van der Waals surface area contributed by atoms with Crippen molar-refractivity contribution < 1.29 is 14.3 Å². The third-order valence-electron chi connectivity index (χ3n) is 1.32. The molecule has 0 bridgehead atoms. The predicted molar refractivity (Wildman–Crippen MR) is 42.0 cm³/mol. The summed E-state index contributed by atoms with van der Waals surface area (Å²) >= 11 is 0. The molecule has 0 aromatic carbocycles. The standard InChI is InChI=1S/C8H14O3/c1-5-6(2)8(9)11-7(3)10-4/h7H,2,5H2,1,3-4H3. The highest BCUT2D eigenvalue weighted by Crippen LogP contribution is 2.02. The van der Waals surface area contributed by atoms with Gasteiger partial charge in [0, 0.05) is 12.7 Å². The first kappa shape index (κ1) is 10.2. The van der Waals surface area contributed by atoms with E-state index in [2.05, 4.69) is 6.58 Å². The van der Waals surface area contributed by atoms with Crippen LogP contribution in [0.25, 0.3) is 0 Å². The van der Waals surface area contributed by atoms with Crippen LogP contribution in [0.3, 0.4) is 0 Å². The number of carbonyl (C=O) groups excluding carboxylic acids is 1. The molecule has 0 fully saturated rings. The quantitative estimate of drug-likeness (QED) is 0.353. The van der Waals surface area contributed by atoms with Crippen LogP contribution in [-0.4, -0.2) is 19.4 Å². The summed E-state index contributed by atoms with van der Waals surface area (Å²) in [6, 6.07) is 0. The van der Waals surface area contributed by atoms with Gasteiger partial charge in [-0.15, -0.1) is 0 Å². The Bertz CT molecular complexity index is 151. The summed E-state index contributed by atoms with van der Waals surface area (Å²) in [5, 5.41) is 0. The first-order chi connectivity index (χ1) is 5.11. The van der Waals surface area contributed by atoms with E-state index in [0.717, 1.165) is 0 Å². The van der Waals surface area contributed by atoms with E-state index in [4.69, 9.17) is 9.47 Å². The fraction of sp³-hybridized carbons (Fsp3) is 0.625. The molecule has 0 N–H and O–H groups in total. The molecule has 0 aliphatic carbocycles. The number of ether oxygens (including phenoxy) is 2. The van der Waals surface area contributed by atoms with E-state index >= 15 is 0 Å². The van der Waals surface area contributed by atoms with Gasteiger partial charge in [0.25, 0.3) is 0 Å². The minimum Gasteiger partial charge on any atom is -0.433 e. The average molecular weight is 158 g/mol. The number of rotatable bonds is 4.